The topological polar surface area (TPSA) is 109 Å². The molecule has 202 valence electrons. The number of nitrogens with zero attached hydrogens (tertiary/aromatic N) is 6. The highest BCUT2D eigenvalue weighted by molar-refractivity contribution is 6.10. The van der Waals surface area contributed by atoms with Crippen molar-refractivity contribution in [3.05, 3.63) is 82.8 Å². The quantitative estimate of drug-likeness (QED) is 0.335. The average molecular weight is 534 g/mol. The summed E-state index contributed by atoms with van der Waals surface area (Å²) < 4.78 is 7.15. The Kier molecular flexibility index (Phi) is 6.88. The number of hydrogen-bond acceptors (Lipinski definition) is 7. The summed E-state index contributed by atoms with van der Waals surface area (Å²) in [5.74, 6) is 1.66. The lowest BCUT2D eigenvalue weighted by Gasteiger charge is -2.18. The van der Waals surface area contributed by atoms with Crippen molar-refractivity contribution in [2.45, 2.75) is 44.9 Å². The van der Waals surface area contributed by atoms with Gasteiger partial charge in [-0.3, -0.25) is 9.69 Å². The maximum atomic E-state index is 13.7. The van der Waals surface area contributed by atoms with Gasteiger partial charge >= 0.3 is 0 Å². The Labute approximate surface area is 233 Å². The van der Waals surface area contributed by atoms with E-state index in [1.807, 2.05) is 54.9 Å². The number of methoxy groups -OCH3 is 1. The van der Waals surface area contributed by atoms with Crippen LogP contribution in [0.4, 0.5) is 5.82 Å². The number of ether oxygens (including phenoxy) is 1. The normalized spacial score (nSPS) is 15.2. The van der Waals surface area contributed by atoms with Crippen molar-refractivity contribution in [3.63, 3.8) is 0 Å². The van der Waals surface area contributed by atoms with Crippen molar-refractivity contribution in [1.82, 2.24) is 25.1 Å². The van der Waals surface area contributed by atoms with Crippen LogP contribution in [0.5, 0.6) is 0 Å². The number of nitriles is 1. The van der Waals surface area contributed by atoms with Crippen LogP contribution in [0.3, 0.4) is 0 Å². The molecule has 1 aliphatic carbocycles. The maximum absolute atomic E-state index is 13.7. The number of nitrogens with one attached hydrogen (secondary N) is 1. The van der Waals surface area contributed by atoms with Gasteiger partial charge in [-0.1, -0.05) is 18.2 Å². The smallest absolute Gasteiger partial charge is 0.260 e. The SMILES string of the molecule is COC(C)CNCc1ccc2c(c1)C(=O)N(c1cc(-c3ccc(C#N)cc3-c3nncn3C)cc(C3CC3)n1)C2. The van der Waals surface area contributed by atoms with E-state index in [9.17, 15) is 10.1 Å². The summed E-state index contributed by atoms with van der Waals surface area (Å²) in [7, 11) is 3.58. The lowest BCUT2D eigenvalue weighted by molar-refractivity contribution is 0.0995. The Balaban J connectivity index is 1.35. The lowest BCUT2D eigenvalue weighted by atomic mass is 9.96. The minimum absolute atomic E-state index is 0.0399. The maximum Gasteiger partial charge on any atom is 0.260 e. The minimum atomic E-state index is -0.0399. The average Bonchev–Trinajstić information content (AvgIpc) is 3.67. The van der Waals surface area contributed by atoms with Crippen LogP contribution in [0.2, 0.25) is 0 Å². The number of carbonyl (C=O) groups excluding carboxylic acids is 1. The molecule has 40 heavy (non-hydrogen) atoms. The summed E-state index contributed by atoms with van der Waals surface area (Å²) >= 11 is 0. The molecule has 2 aromatic heterocycles. The summed E-state index contributed by atoms with van der Waals surface area (Å²) in [6, 6.07) is 18.0. The van der Waals surface area contributed by atoms with Gasteiger partial charge in [-0.05, 0) is 72.4 Å². The number of hydrogen-bond donors (Lipinski definition) is 1. The van der Waals surface area contributed by atoms with Gasteiger partial charge in [0, 0.05) is 50.0 Å². The van der Waals surface area contributed by atoms with Gasteiger partial charge in [0.15, 0.2) is 5.82 Å². The van der Waals surface area contributed by atoms with Gasteiger partial charge in [0.25, 0.3) is 5.91 Å². The van der Waals surface area contributed by atoms with Crippen LogP contribution in [-0.4, -0.2) is 45.4 Å². The Bertz CT molecular complexity index is 1630. The first-order valence-corrected chi connectivity index (χ1v) is 13.5. The molecule has 1 N–H and O–H groups in total. The molecule has 9 heteroatoms. The van der Waals surface area contributed by atoms with Crippen LogP contribution in [0.1, 0.15) is 58.4 Å². The molecule has 1 aliphatic heterocycles. The number of anilines is 1. The van der Waals surface area contributed by atoms with Gasteiger partial charge in [0.05, 0.1) is 24.3 Å². The zero-order chi connectivity index (χ0) is 27.8. The van der Waals surface area contributed by atoms with Crippen LogP contribution in [0, 0.1) is 11.3 Å². The van der Waals surface area contributed by atoms with Crippen LogP contribution in [0.25, 0.3) is 22.5 Å². The third-order valence-electron chi connectivity index (χ3n) is 7.66. The van der Waals surface area contributed by atoms with E-state index in [0.29, 0.717) is 36.2 Å². The van der Waals surface area contributed by atoms with E-state index in [1.165, 1.54) is 0 Å². The fourth-order valence-corrected chi connectivity index (χ4v) is 5.14. The van der Waals surface area contributed by atoms with Crippen molar-refractivity contribution in [2.24, 2.45) is 7.05 Å². The van der Waals surface area contributed by atoms with Gasteiger partial charge in [0.1, 0.15) is 12.1 Å². The highest BCUT2D eigenvalue weighted by atomic mass is 16.5. The van der Waals surface area contributed by atoms with Crippen LogP contribution >= 0.6 is 0 Å². The standard InChI is InChI=1S/C31H31N7O2/c1-19(40-3)15-33-16-21-4-6-23-17-38(31(39)26(23)11-21)29-13-24(12-28(35-29)22-7-8-22)25-9-5-20(14-32)10-27(25)30-36-34-18-37(30)2/h4-6,9-13,18-19,22,33H,7-8,15-17H2,1-3H3. The Morgan fingerprint density at radius 2 is 1.98 bits per heavy atom. The van der Waals surface area contributed by atoms with Crippen LogP contribution in [0.15, 0.2) is 54.9 Å². The predicted molar refractivity (Wildman–Crippen MR) is 151 cm³/mol. The molecule has 1 atom stereocenters. The zero-order valence-electron chi connectivity index (χ0n) is 22.9. The van der Waals surface area contributed by atoms with Gasteiger partial charge < -0.3 is 14.6 Å². The monoisotopic (exact) mass is 533 g/mol. The van der Waals surface area contributed by atoms with E-state index >= 15 is 0 Å². The number of amides is 1. The molecule has 0 saturated heterocycles. The molecule has 1 fully saturated rings. The van der Waals surface area contributed by atoms with Crippen molar-refractivity contribution in [3.8, 4) is 28.6 Å². The number of rotatable bonds is 9. The van der Waals surface area contributed by atoms with Crippen LogP contribution in [-0.2, 0) is 24.9 Å². The second-order valence-corrected chi connectivity index (χ2v) is 10.6. The molecule has 1 unspecified atom stereocenters. The van der Waals surface area contributed by atoms with Gasteiger partial charge in [-0.2, -0.15) is 5.26 Å². The van der Waals surface area contributed by atoms with Crippen molar-refractivity contribution in [1.29, 1.82) is 5.26 Å². The van der Waals surface area contributed by atoms with Gasteiger partial charge in [0.2, 0.25) is 0 Å². The van der Waals surface area contributed by atoms with E-state index < -0.39 is 0 Å². The molecule has 1 amide bonds. The third-order valence-corrected chi connectivity index (χ3v) is 7.66. The van der Waals surface area contributed by atoms with Gasteiger partial charge in [-0.25, -0.2) is 4.98 Å². The molecule has 2 aliphatic rings. The van der Waals surface area contributed by atoms with Crippen molar-refractivity contribution in [2.75, 3.05) is 18.6 Å². The summed E-state index contributed by atoms with van der Waals surface area (Å²) in [5, 5.41) is 21.3. The fourth-order valence-electron chi connectivity index (χ4n) is 5.14. The van der Waals surface area contributed by atoms with E-state index in [1.54, 1.807) is 18.3 Å². The summed E-state index contributed by atoms with van der Waals surface area (Å²) in [4.78, 5) is 20.4. The highest BCUT2D eigenvalue weighted by Gasteiger charge is 2.32. The molecule has 1 saturated carbocycles. The summed E-state index contributed by atoms with van der Waals surface area (Å²) in [6.45, 7) is 3.90. The second-order valence-electron chi connectivity index (χ2n) is 10.6. The van der Waals surface area contributed by atoms with E-state index in [-0.39, 0.29) is 12.0 Å². The number of carbonyl (C=O) groups is 1. The Morgan fingerprint density at radius 1 is 1.12 bits per heavy atom. The fraction of sp³-hybridized carbons (Fsp3) is 0.323. The third kappa shape index (κ3) is 4.99. The first-order chi connectivity index (χ1) is 19.4. The Morgan fingerprint density at radius 3 is 2.70 bits per heavy atom. The predicted octanol–water partition coefficient (Wildman–Crippen LogP) is 4.58. The number of benzene rings is 2. The summed E-state index contributed by atoms with van der Waals surface area (Å²) in [5.41, 5.74) is 6.98. The molecule has 9 nitrogen and oxygen atoms in total. The molecule has 3 heterocycles. The molecule has 4 aromatic rings. The minimum Gasteiger partial charge on any atom is -0.380 e. The second kappa shape index (κ2) is 10.6. The number of fused-ring (bicyclic) bond motifs is 1. The number of aromatic nitrogens is 4. The van der Waals surface area contributed by atoms with E-state index in [4.69, 9.17) is 9.72 Å². The van der Waals surface area contributed by atoms with Crippen LogP contribution < -0.4 is 10.2 Å². The van der Waals surface area contributed by atoms with Crippen molar-refractivity contribution >= 4 is 11.7 Å². The first-order valence-electron chi connectivity index (χ1n) is 13.5. The zero-order valence-corrected chi connectivity index (χ0v) is 22.9. The molecular weight excluding hydrogens is 502 g/mol. The number of aryl methyl sites for hydroxylation is 1. The van der Waals surface area contributed by atoms with E-state index in [0.717, 1.165) is 58.5 Å². The molecule has 2 aromatic carbocycles. The summed E-state index contributed by atoms with van der Waals surface area (Å²) in [6.07, 6.45) is 3.95. The van der Waals surface area contributed by atoms with Gasteiger partial charge in [-0.15, -0.1) is 10.2 Å². The molecule has 0 bridgehead atoms. The molecule has 0 spiro atoms. The van der Waals surface area contributed by atoms with E-state index in [2.05, 4.69) is 33.7 Å². The number of pyridine rings is 1. The molecule has 0 radical (unpaired) electrons. The molecular formula is C31H31N7O2. The first kappa shape index (κ1) is 25.9. The highest BCUT2D eigenvalue weighted by Crippen LogP contribution is 2.43. The molecule has 6 rings (SSSR count). The lowest BCUT2D eigenvalue weighted by Crippen LogP contribution is -2.26. The Hall–Kier alpha value is -4.39. The van der Waals surface area contributed by atoms with Crippen molar-refractivity contribution < 1.29 is 9.53 Å². The largest absolute Gasteiger partial charge is 0.380 e.